The number of hydrogen-bond acceptors (Lipinski definition) is 5. The molecule has 1 aromatic heterocycles. The van der Waals surface area contributed by atoms with Crippen LogP contribution in [0.25, 0.3) is 0 Å². The summed E-state index contributed by atoms with van der Waals surface area (Å²) in [5.41, 5.74) is 0. The lowest BCUT2D eigenvalue weighted by Crippen LogP contribution is -2.17. The number of furan rings is 1. The van der Waals surface area contributed by atoms with Crippen LogP contribution in [0.4, 0.5) is 10.7 Å². The van der Waals surface area contributed by atoms with Gasteiger partial charge in [0.15, 0.2) is 0 Å². The molecule has 7 heteroatoms. The normalized spacial score (nSPS) is 20.3. The average molecular weight is 198 g/mol. The lowest BCUT2D eigenvalue weighted by atomic mass is 10.2. The lowest BCUT2D eigenvalue weighted by Gasteiger charge is -2.00. The third-order valence-electron chi connectivity index (χ3n) is 1.81. The molecule has 1 aliphatic heterocycles. The zero-order chi connectivity index (χ0) is 10.1. The van der Waals surface area contributed by atoms with Crippen molar-refractivity contribution in [1.82, 2.24) is 5.32 Å². The Hall–Kier alpha value is -2.05. The Bertz CT molecular complexity index is 385. The number of alkyl carbamates (subject to hydrolysis) is 1. The van der Waals surface area contributed by atoms with Gasteiger partial charge in [0.05, 0.1) is 6.07 Å². The summed E-state index contributed by atoms with van der Waals surface area (Å²) in [6.45, 7) is 0.128. The Kier molecular flexibility index (Phi) is 1.84. The van der Waals surface area contributed by atoms with E-state index in [4.69, 9.17) is 4.42 Å². The Morgan fingerprint density at radius 3 is 2.86 bits per heavy atom. The van der Waals surface area contributed by atoms with Gasteiger partial charge in [-0.1, -0.05) is 0 Å². The van der Waals surface area contributed by atoms with Gasteiger partial charge in [-0.15, -0.1) is 0 Å². The first kappa shape index (κ1) is 8.54. The van der Waals surface area contributed by atoms with Crippen LogP contribution in [0.3, 0.4) is 0 Å². The highest BCUT2D eigenvalue weighted by molar-refractivity contribution is 5.69. The van der Waals surface area contributed by atoms with Gasteiger partial charge in [-0.05, 0) is 6.07 Å². The minimum Gasteiger partial charge on any atom is -0.447 e. The number of nitrogens with one attached hydrogen (secondary N) is 1. The zero-order valence-electron chi connectivity index (χ0n) is 6.93. The lowest BCUT2D eigenvalue weighted by molar-refractivity contribution is -0.402. The number of ether oxygens (including phenoxy) is 1. The minimum atomic E-state index is -0.638. The van der Waals surface area contributed by atoms with E-state index in [2.05, 4.69) is 10.1 Å². The number of amides is 1. The fourth-order valence-electron chi connectivity index (χ4n) is 1.17. The number of hydrogen-bond donors (Lipinski definition) is 1. The Morgan fingerprint density at radius 1 is 1.57 bits per heavy atom. The van der Waals surface area contributed by atoms with Crippen LogP contribution < -0.4 is 5.32 Å². The van der Waals surface area contributed by atoms with E-state index < -0.39 is 17.1 Å². The molecular formula is C7H6N2O5. The number of carbonyl (C=O) groups is 1. The first-order chi connectivity index (χ1) is 6.66. The van der Waals surface area contributed by atoms with E-state index in [1.807, 2.05) is 0 Å². The van der Waals surface area contributed by atoms with Gasteiger partial charge in [0, 0.05) is 0 Å². The number of nitrogens with zero attached hydrogens (tertiary/aromatic N) is 1. The quantitative estimate of drug-likeness (QED) is 0.564. The molecule has 0 aromatic carbocycles. The summed E-state index contributed by atoms with van der Waals surface area (Å²) in [5.74, 6) is -0.0244. The minimum absolute atomic E-state index is 0.128. The Balaban J connectivity index is 2.17. The van der Waals surface area contributed by atoms with E-state index in [0.29, 0.717) is 5.76 Å². The molecule has 1 aromatic rings. The smallest absolute Gasteiger partial charge is 0.433 e. The first-order valence-corrected chi connectivity index (χ1v) is 3.84. The van der Waals surface area contributed by atoms with Crippen molar-refractivity contribution in [3.63, 3.8) is 0 Å². The summed E-state index contributed by atoms with van der Waals surface area (Å²) in [4.78, 5) is 20.3. The summed E-state index contributed by atoms with van der Waals surface area (Å²) in [6, 6.07) is 2.24. The van der Waals surface area contributed by atoms with Crippen molar-refractivity contribution in [3.8, 4) is 0 Å². The molecule has 14 heavy (non-hydrogen) atoms. The molecule has 1 unspecified atom stereocenters. The maximum Gasteiger partial charge on any atom is 0.433 e. The first-order valence-electron chi connectivity index (χ1n) is 3.84. The highest BCUT2D eigenvalue weighted by Crippen LogP contribution is 2.24. The number of carbonyl (C=O) groups excluding carboxylic acids is 1. The van der Waals surface area contributed by atoms with Crippen molar-refractivity contribution in [2.45, 2.75) is 6.04 Å². The van der Waals surface area contributed by atoms with E-state index >= 15 is 0 Å². The van der Waals surface area contributed by atoms with Crippen LogP contribution in [0.2, 0.25) is 0 Å². The molecule has 0 saturated carbocycles. The maximum atomic E-state index is 10.7. The van der Waals surface area contributed by atoms with Gasteiger partial charge in [0.25, 0.3) is 0 Å². The van der Waals surface area contributed by atoms with Crippen molar-refractivity contribution in [3.05, 3.63) is 28.0 Å². The molecule has 1 N–H and O–H groups in total. The maximum absolute atomic E-state index is 10.7. The Morgan fingerprint density at radius 2 is 2.36 bits per heavy atom. The standard InChI is InChI=1S/C7H6N2O5/c10-7-8-4(3-13-7)5-1-2-6(14-5)9(11)12/h1-2,4H,3H2,(H,8,10). The average Bonchev–Trinajstić information content (AvgIpc) is 2.70. The van der Waals surface area contributed by atoms with Gasteiger partial charge in [-0.25, -0.2) is 4.79 Å². The SMILES string of the molecule is O=C1NC(c2ccc([N+](=O)[O-])o2)CO1. The second kappa shape index (κ2) is 3.02. The van der Waals surface area contributed by atoms with E-state index in [0.717, 1.165) is 0 Å². The van der Waals surface area contributed by atoms with Gasteiger partial charge in [0.2, 0.25) is 0 Å². The van der Waals surface area contributed by atoms with Crippen LogP contribution in [-0.2, 0) is 4.74 Å². The van der Waals surface area contributed by atoms with Gasteiger partial charge in [0.1, 0.15) is 23.3 Å². The predicted octanol–water partition coefficient (Wildman–Crippen LogP) is 0.969. The number of rotatable bonds is 2. The van der Waals surface area contributed by atoms with Crippen molar-refractivity contribution in [2.24, 2.45) is 0 Å². The van der Waals surface area contributed by atoms with Crippen molar-refractivity contribution in [1.29, 1.82) is 0 Å². The molecule has 74 valence electrons. The predicted molar refractivity (Wildman–Crippen MR) is 42.6 cm³/mol. The summed E-state index contributed by atoms with van der Waals surface area (Å²) in [6.07, 6.45) is -0.547. The fourth-order valence-corrected chi connectivity index (χ4v) is 1.17. The molecule has 7 nitrogen and oxygen atoms in total. The van der Waals surface area contributed by atoms with Crippen molar-refractivity contribution in [2.75, 3.05) is 6.61 Å². The highest BCUT2D eigenvalue weighted by atomic mass is 16.6. The molecule has 2 heterocycles. The third kappa shape index (κ3) is 1.39. The van der Waals surface area contributed by atoms with E-state index in [1.165, 1.54) is 12.1 Å². The van der Waals surface area contributed by atoms with E-state index in [9.17, 15) is 14.9 Å². The van der Waals surface area contributed by atoms with Crippen molar-refractivity contribution < 1.29 is 18.9 Å². The molecular weight excluding hydrogens is 192 g/mol. The summed E-state index contributed by atoms with van der Waals surface area (Å²) >= 11 is 0. The third-order valence-corrected chi connectivity index (χ3v) is 1.81. The summed E-state index contributed by atoms with van der Waals surface area (Å²) in [5, 5.41) is 12.7. The van der Waals surface area contributed by atoms with Gasteiger partial charge in [-0.3, -0.25) is 10.1 Å². The molecule has 0 radical (unpaired) electrons. The van der Waals surface area contributed by atoms with Crippen LogP contribution in [0.5, 0.6) is 0 Å². The molecule has 1 aliphatic rings. The molecule has 0 aliphatic carbocycles. The molecule has 2 rings (SSSR count). The van der Waals surface area contributed by atoms with Crippen LogP contribution in [-0.4, -0.2) is 17.6 Å². The van der Waals surface area contributed by atoms with E-state index in [1.54, 1.807) is 0 Å². The fraction of sp³-hybridized carbons (Fsp3) is 0.286. The highest BCUT2D eigenvalue weighted by Gasteiger charge is 2.28. The Labute approximate surface area is 77.8 Å². The molecule has 1 amide bonds. The zero-order valence-corrected chi connectivity index (χ0v) is 6.93. The van der Waals surface area contributed by atoms with Crippen LogP contribution in [0, 0.1) is 10.1 Å². The number of nitro groups is 1. The summed E-state index contributed by atoms with van der Waals surface area (Å²) in [7, 11) is 0. The van der Waals surface area contributed by atoms with Crippen LogP contribution in [0.1, 0.15) is 11.8 Å². The monoisotopic (exact) mass is 198 g/mol. The summed E-state index contributed by atoms with van der Waals surface area (Å²) < 4.78 is 9.49. The topological polar surface area (TPSA) is 94.6 Å². The molecule has 0 spiro atoms. The van der Waals surface area contributed by atoms with Gasteiger partial charge >= 0.3 is 12.0 Å². The van der Waals surface area contributed by atoms with Gasteiger partial charge < -0.3 is 14.5 Å². The molecule has 1 atom stereocenters. The van der Waals surface area contributed by atoms with Crippen LogP contribution in [0.15, 0.2) is 16.5 Å². The van der Waals surface area contributed by atoms with Gasteiger partial charge in [-0.2, -0.15) is 0 Å². The molecule has 1 fully saturated rings. The van der Waals surface area contributed by atoms with Crippen LogP contribution >= 0.6 is 0 Å². The van der Waals surface area contributed by atoms with Crippen molar-refractivity contribution >= 4 is 12.0 Å². The molecule has 1 saturated heterocycles. The number of cyclic esters (lactones) is 1. The second-order valence-corrected chi connectivity index (χ2v) is 2.73. The largest absolute Gasteiger partial charge is 0.447 e. The second-order valence-electron chi connectivity index (χ2n) is 2.73. The van der Waals surface area contributed by atoms with E-state index in [-0.39, 0.29) is 12.5 Å². The molecule has 0 bridgehead atoms.